The van der Waals surface area contributed by atoms with E-state index in [9.17, 15) is 13.2 Å². The van der Waals surface area contributed by atoms with Crippen LogP contribution in [0.5, 0.6) is 0 Å². The van der Waals surface area contributed by atoms with Crippen LogP contribution in [0.3, 0.4) is 0 Å². The summed E-state index contributed by atoms with van der Waals surface area (Å²) in [6.45, 7) is 4.39. The van der Waals surface area contributed by atoms with Gasteiger partial charge in [-0.3, -0.25) is 4.79 Å². The van der Waals surface area contributed by atoms with E-state index < -0.39 is 10.0 Å². The van der Waals surface area contributed by atoms with Gasteiger partial charge >= 0.3 is 0 Å². The minimum absolute atomic E-state index is 0.183. The first kappa shape index (κ1) is 19.4. The van der Waals surface area contributed by atoms with E-state index in [2.05, 4.69) is 0 Å². The molecule has 2 aromatic carbocycles. The number of hydrogen-bond acceptors (Lipinski definition) is 3. The molecule has 0 aliphatic rings. The SMILES string of the molecule is CCN(CC)S(=O)(=O)c1ccc(C(=O)/C=C/c2ccccc2Cl)cc1. The van der Waals surface area contributed by atoms with Gasteiger partial charge in [-0.1, -0.05) is 43.6 Å². The fraction of sp³-hybridized carbons (Fsp3) is 0.211. The molecule has 0 aromatic heterocycles. The molecule has 2 aromatic rings. The van der Waals surface area contributed by atoms with E-state index in [1.54, 1.807) is 26.0 Å². The van der Waals surface area contributed by atoms with Gasteiger partial charge in [0, 0.05) is 23.7 Å². The Balaban J connectivity index is 2.20. The summed E-state index contributed by atoms with van der Waals surface area (Å²) in [5, 5.41) is 0.562. The first-order valence-electron chi connectivity index (χ1n) is 7.97. The van der Waals surface area contributed by atoms with E-state index in [0.717, 1.165) is 5.56 Å². The Morgan fingerprint density at radius 3 is 2.20 bits per heavy atom. The molecule has 0 N–H and O–H groups in total. The van der Waals surface area contributed by atoms with Crippen LogP contribution < -0.4 is 0 Å². The normalized spacial score (nSPS) is 12.0. The zero-order chi connectivity index (χ0) is 18.4. The van der Waals surface area contributed by atoms with Gasteiger partial charge in [-0.25, -0.2) is 8.42 Å². The predicted octanol–water partition coefficient (Wildman–Crippen LogP) is 4.27. The quantitative estimate of drug-likeness (QED) is 0.535. The average molecular weight is 378 g/mol. The standard InChI is InChI=1S/C19H20ClNO3S/c1-3-21(4-2)25(23,24)17-12-9-16(10-13-17)19(22)14-11-15-7-5-6-8-18(15)20/h5-14H,3-4H2,1-2H3/b14-11+. The molecule has 0 unspecified atom stereocenters. The zero-order valence-electron chi connectivity index (χ0n) is 14.1. The van der Waals surface area contributed by atoms with Crippen LogP contribution in [0.2, 0.25) is 5.02 Å². The molecule has 6 heteroatoms. The monoisotopic (exact) mass is 377 g/mol. The number of allylic oxidation sites excluding steroid dienone is 1. The third-order valence-corrected chi connectivity index (χ3v) is 6.21. The Morgan fingerprint density at radius 2 is 1.64 bits per heavy atom. The van der Waals surface area contributed by atoms with Crippen LogP contribution in [-0.2, 0) is 10.0 Å². The van der Waals surface area contributed by atoms with Crippen molar-refractivity contribution < 1.29 is 13.2 Å². The number of benzene rings is 2. The lowest BCUT2D eigenvalue weighted by Gasteiger charge is -2.18. The van der Waals surface area contributed by atoms with Crippen molar-refractivity contribution in [3.05, 3.63) is 70.8 Å². The van der Waals surface area contributed by atoms with Crippen molar-refractivity contribution >= 4 is 33.5 Å². The van der Waals surface area contributed by atoms with Gasteiger partial charge in [0.1, 0.15) is 0 Å². The maximum absolute atomic E-state index is 12.4. The number of carbonyl (C=O) groups excluding carboxylic acids is 1. The molecule has 0 amide bonds. The lowest BCUT2D eigenvalue weighted by Crippen LogP contribution is -2.30. The number of hydrogen-bond donors (Lipinski definition) is 0. The first-order chi connectivity index (χ1) is 11.9. The summed E-state index contributed by atoms with van der Waals surface area (Å²) in [5.41, 5.74) is 1.17. The molecule has 25 heavy (non-hydrogen) atoms. The van der Waals surface area contributed by atoms with Gasteiger partial charge in [-0.15, -0.1) is 0 Å². The van der Waals surface area contributed by atoms with E-state index >= 15 is 0 Å². The maximum Gasteiger partial charge on any atom is 0.243 e. The summed E-state index contributed by atoms with van der Waals surface area (Å²) in [7, 11) is -3.52. The van der Waals surface area contributed by atoms with Crippen molar-refractivity contribution in [2.45, 2.75) is 18.7 Å². The Morgan fingerprint density at radius 1 is 1.04 bits per heavy atom. The maximum atomic E-state index is 12.4. The van der Waals surface area contributed by atoms with Gasteiger partial charge in [-0.2, -0.15) is 4.31 Å². The van der Waals surface area contributed by atoms with Crippen LogP contribution >= 0.6 is 11.6 Å². The van der Waals surface area contributed by atoms with E-state index in [0.29, 0.717) is 23.7 Å². The highest BCUT2D eigenvalue weighted by Crippen LogP contribution is 2.18. The molecule has 0 fully saturated rings. The van der Waals surface area contributed by atoms with Gasteiger partial charge < -0.3 is 0 Å². The molecule has 0 saturated carbocycles. The molecule has 2 rings (SSSR count). The third-order valence-electron chi connectivity index (χ3n) is 3.80. The number of carbonyl (C=O) groups is 1. The molecule has 0 saturated heterocycles. The second-order valence-electron chi connectivity index (χ2n) is 5.33. The fourth-order valence-electron chi connectivity index (χ4n) is 2.38. The molecule has 0 atom stereocenters. The summed E-state index contributed by atoms with van der Waals surface area (Å²) >= 11 is 6.05. The Bertz CT molecular complexity index is 870. The van der Waals surface area contributed by atoms with Crippen LogP contribution in [0, 0.1) is 0 Å². The molecule has 0 heterocycles. The lowest BCUT2D eigenvalue weighted by atomic mass is 10.1. The van der Waals surface area contributed by atoms with Crippen molar-refractivity contribution in [3.63, 3.8) is 0 Å². The molecular formula is C19H20ClNO3S. The van der Waals surface area contributed by atoms with Gasteiger partial charge in [0.25, 0.3) is 0 Å². The van der Waals surface area contributed by atoms with E-state index in [-0.39, 0.29) is 10.7 Å². The summed E-state index contributed by atoms with van der Waals surface area (Å²) in [6.07, 6.45) is 3.07. The molecular weight excluding hydrogens is 358 g/mol. The number of sulfonamides is 1. The van der Waals surface area contributed by atoms with Crippen LogP contribution in [0.25, 0.3) is 6.08 Å². The predicted molar refractivity (Wildman–Crippen MR) is 101 cm³/mol. The molecule has 132 valence electrons. The molecule has 0 spiro atoms. The van der Waals surface area contributed by atoms with Crippen LogP contribution in [0.4, 0.5) is 0 Å². The van der Waals surface area contributed by atoms with E-state index in [1.807, 2.05) is 18.2 Å². The largest absolute Gasteiger partial charge is 0.289 e. The van der Waals surface area contributed by atoms with Crippen molar-refractivity contribution in [2.75, 3.05) is 13.1 Å². The lowest BCUT2D eigenvalue weighted by molar-refractivity contribution is 0.104. The Labute approximate surface area is 153 Å². The summed E-state index contributed by atoms with van der Waals surface area (Å²) in [4.78, 5) is 12.4. The van der Waals surface area contributed by atoms with E-state index in [4.69, 9.17) is 11.6 Å². The second-order valence-corrected chi connectivity index (χ2v) is 7.68. The Kier molecular flexibility index (Phi) is 6.53. The van der Waals surface area contributed by atoms with Crippen LogP contribution in [-0.4, -0.2) is 31.6 Å². The van der Waals surface area contributed by atoms with Gasteiger partial charge in [0.05, 0.1) is 4.90 Å². The van der Waals surface area contributed by atoms with Gasteiger partial charge in [-0.05, 0) is 48.0 Å². The summed E-state index contributed by atoms with van der Waals surface area (Å²) < 4.78 is 26.2. The Hall–Kier alpha value is -1.95. The number of halogens is 1. The average Bonchev–Trinajstić information content (AvgIpc) is 2.61. The van der Waals surface area contributed by atoms with Crippen LogP contribution in [0.1, 0.15) is 29.8 Å². The first-order valence-corrected chi connectivity index (χ1v) is 9.79. The smallest absolute Gasteiger partial charge is 0.243 e. The third kappa shape index (κ3) is 4.57. The van der Waals surface area contributed by atoms with E-state index in [1.165, 1.54) is 34.6 Å². The number of ketones is 1. The molecule has 4 nitrogen and oxygen atoms in total. The van der Waals surface area contributed by atoms with Crippen molar-refractivity contribution in [1.82, 2.24) is 4.31 Å². The van der Waals surface area contributed by atoms with Crippen molar-refractivity contribution in [1.29, 1.82) is 0 Å². The van der Waals surface area contributed by atoms with Gasteiger partial charge in [0.2, 0.25) is 10.0 Å². The van der Waals surface area contributed by atoms with Crippen LogP contribution in [0.15, 0.2) is 59.5 Å². The molecule has 0 aliphatic heterocycles. The highest BCUT2D eigenvalue weighted by Gasteiger charge is 2.21. The topological polar surface area (TPSA) is 54.5 Å². The molecule has 0 aliphatic carbocycles. The second kappa shape index (κ2) is 8.43. The summed E-state index contributed by atoms with van der Waals surface area (Å²) in [5.74, 6) is -0.216. The molecule has 0 radical (unpaired) electrons. The number of rotatable bonds is 7. The van der Waals surface area contributed by atoms with Gasteiger partial charge in [0.15, 0.2) is 5.78 Å². The minimum atomic E-state index is -3.52. The zero-order valence-corrected chi connectivity index (χ0v) is 15.7. The highest BCUT2D eigenvalue weighted by molar-refractivity contribution is 7.89. The highest BCUT2D eigenvalue weighted by atomic mass is 35.5. The van der Waals surface area contributed by atoms with Crippen molar-refractivity contribution in [3.8, 4) is 0 Å². The minimum Gasteiger partial charge on any atom is -0.289 e. The fourth-order valence-corrected chi connectivity index (χ4v) is 4.03. The molecule has 0 bridgehead atoms. The van der Waals surface area contributed by atoms with Crippen molar-refractivity contribution in [2.24, 2.45) is 0 Å². The summed E-state index contributed by atoms with van der Waals surface area (Å²) in [6, 6.07) is 13.2. The number of nitrogens with zero attached hydrogens (tertiary/aromatic N) is 1.